The minimum Gasteiger partial charge on any atom is -0.253 e. The molecule has 0 atom stereocenters. The summed E-state index contributed by atoms with van der Waals surface area (Å²) in [5.41, 5.74) is 5.01. The zero-order valence-corrected chi connectivity index (χ0v) is 11.6. The van der Waals surface area contributed by atoms with Gasteiger partial charge in [0.05, 0.1) is 16.8 Å². The molecule has 2 heterocycles. The van der Waals surface area contributed by atoms with Gasteiger partial charge in [-0.25, -0.2) is 4.98 Å². The molecule has 0 fully saturated rings. The second-order valence-electron chi connectivity index (χ2n) is 3.80. The van der Waals surface area contributed by atoms with E-state index in [1.807, 2.05) is 41.8 Å². The van der Waals surface area contributed by atoms with E-state index in [0.717, 1.165) is 16.4 Å². The van der Waals surface area contributed by atoms with Crippen LogP contribution in [0, 0.1) is 0 Å². The number of anilines is 1. The summed E-state index contributed by atoms with van der Waals surface area (Å²) in [6.07, 6.45) is 1.78. The van der Waals surface area contributed by atoms with E-state index in [0.29, 0.717) is 0 Å². The lowest BCUT2D eigenvalue weighted by molar-refractivity contribution is 1.29. The summed E-state index contributed by atoms with van der Waals surface area (Å²) in [4.78, 5) is 5.67. The molecule has 5 heteroatoms. The second-order valence-corrected chi connectivity index (χ2v) is 5.60. The number of hydrogen-bond donors (Lipinski definition) is 1. The number of benzene rings is 1. The predicted molar refractivity (Wildman–Crippen MR) is 83.1 cm³/mol. The smallest absolute Gasteiger partial charge is 0.203 e. The highest BCUT2D eigenvalue weighted by Crippen LogP contribution is 2.28. The first-order chi connectivity index (χ1) is 9.42. The second kappa shape index (κ2) is 5.77. The quantitative estimate of drug-likeness (QED) is 0.572. The maximum absolute atomic E-state index is 4.49. The van der Waals surface area contributed by atoms with Crippen molar-refractivity contribution in [1.82, 2.24) is 4.98 Å². The summed E-state index contributed by atoms with van der Waals surface area (Å²) in [6.45, 7) is 0. The highest BCUT2D eigenvalue weighted by atomic mass is 32.1. The van der Waals surface area contributed by atoms with Gasteiger partial charge in [0.25, 0.3) is 0 Å². The Morgan fingerprint density at radius 3 is 2.74 bits per heavy atom. The van der Waals surface area contributed by atoms with Gasteiger partial charge >= 0.3 is 0 Å². The van der Waals surface area contributed by atoms with Crippen molar-refractivity contribution < 1.29 is 0 Å². The Morgan fingerprint density at radius 1 is 1.05 bits per heavy atom. The molecule has 94 valence electrons. The maximum Gasteiger partial charge on any atom is 0.203 e. The molecule has 1 N–H and O–H groups in total. The summed E-state index contributed by atoms with van der Waals surface area (Å²) in [7, 11) is 0. The van der Waals surface area contributed by atoms with Crippen LogP contribution in [0.4, 0.5) is 5.13 Å². The maximum atomic E-state index is 4.49. The molecule has 0 bridgehead atoms. The SMILES string of the molecule is C(=NNc1nc(-c2cccs2)cs1)c1ccccc1. The van der Waals surface area contributed by atoms with Crippen LogP contribution in [0.5, 0.6) is 0 Å². The normalized spacial score (nSPS) is 10.9. The molecule has 19 heavy (non-hydrogen) atoms. The van der Waals surface area contributed by atoms with Crippen LogP contribution in [0.1, 0.15) is 5.56 Å². The molecule has 0 radical (unpaired) electrons. The molecular formula is C14H11N3S2. The van der Waals surface area contributed by atoms with E-state index in [9.17, 15) is 0 Å². The number of nitrogens with one attached hydrogen (secondary N) is 1. The predicted octanol–water partition coefficient (Wildman–Crippen LogP) is 4.32. The Bertz CT molecular complexity index is 657. The molecule has 3 aromatic rings. The van der Waals surface area contributed by atoms with Gasteiger partial charge in [0, 0.05) is 5.38 Å². The van der Waals surface area contributed by atoms with Crippen molar-refractivity contribution in [1.29, 1.82) is 0 Å². The van der Waals surface area contributed by atoms with Crippen molar-refractivity contribution in [2.24, 2.45) is 5.10 Å². The molecule has 0 amide bonds. The lowest BCUT2D eigenvalue weighted by atomic mass is 10.2. The summed E-state index contributed by atoms with van der Waals surface area (Å²) < 4.78 is 0. The third-order valence-electron chi connectivity index (χ3n) is 2.45. The standard InChI is InChI=1S/C14H11N3S2/c1-2-5-11(6-3-1)9-15-17-14-16-12(10-19-14)13-7-4-8-18-13/h1-10H,(H,16,17). The van der Waals surface area contributed by atoms with E-state index in [-0.39, 0.29) is 0 Å². The van der Waals surface area contributed by atoms with Gasteiger partial charge in [0.1, 0.15) is 0 Å². The Labute approximate surface area is 119 Å². The molecule has 2 aromatic heterocycles. The van der Waals surface area contributed by atoms with Crippen LogP contribution in [0.25, 0.3) is 10.6 Å². The van der Waals surface area contributed by atoms with Gasteiger partial charge in [0.15, 0.2) is 0 Å². The first-order valence-electron chi connectivity index (χ1n) is 5.75. The Hall–Kier alpha value is -1.98. The van der Waals surface area contributed by atoms with E-state index in [1.165, 1.54) is 4.88 Å². The molecule has 0 spiro atoms. The monoisotopic (exact) mass is 285 g/mol. The number of thiazole rings is 1. The van der Waals surface area contributed by atoms with Gasteiger partial charge in [-0.3, -0.25) is 5.43 Å². The third-order valence-corrected chi connectivity index (χ3v) is 4.09. The molecule has 0 saturated heterocycles. The zero-order valence-electron chi connectivity index (χ0n) is 9.98. The van der Waals surface area contributed by atoms with Crippen LogP contribution in [0.3, 0.4) is 0 Å². The highest BCUT2D eigenvalue weighted by molar-refractivity contribution is 7.15. The average Bonchev–Trinajstić information content (AvgIpc) is 3.10. The molecule has 0 aliphatic heterocycles. The number of aromatic nitrogens is 1. The lowest BCUT2D eigenvalue weighted by Crippen LogP contribution is -1.89. The van der Waals surface area contributed by atoms with Crippen LogP contribution >= 0.6 is 22.7 Å². The largest absolute Gasteiger partial charge is 0.253 e. The van der Waals surface area contributed by atoms with Crippen LogP contribution in [0.2, 0.25) is 0 Å². The summed E-state index contributed by atoms with van der Waals surface area (Å²) >= 11 is 3.24. The molecule has 0 aliphatic rings. The van der Waals surface area contributed by atoms with Gasteiger partial charge in [-0.05, 0) is 17.0 Å². The lowest BCUT2D eigenvalue weighted by Gasteiger charge is -1.93. The number of thiophene rings is 1. The van der Waals surface area contributed by atoms with Crippen LogP contribution in [-0.2, 0) is 0 Å². The van der Waals surface area contributed by atoms with E-state index in [4.69, 9.17) is 0 Å². The van der Waals surface area contributed by atoms with Crippen LogP contribution in [0.15, 0.2) is 58.3 Å². The fourth-order valence-electron chi connectivity index (χ4n) is 1.56. The van der Waals surface area contributed by atoms with E-state index in [2.05, 4.69) is 27.0 Å². The van der Waals surface area contributed by atoms with E-state index < -0.39 is 0 Å². The fraction of sp³-hybridized carbons (Fsp3) is 0. The molecule has 0 unspecified atom stereocenters. The number of hydrogen-bond acceptors (Lipinski definition) is 5. The van der Waals surface area contributed by atoms with Crippen molar-refractivity contribution in [3.05, 3.63) is 58.8 Å². The summed E-state index contributed by atoms with van der Waals surface area (Å²) in [6, 6.07) is 14.1. The minimum atomic E-state index is 0.801. The first-order valence-corrected chi connectivity index (χ1v) is 7.51. The highest BCUT2D eigenvalue weighted by Gasteiger charge is 2.03. The van der Waals surface area contributed by atoms with Gasteiger partial charge in [0.2, 0.25) is 5.13 Å². The van der Waals surface area contributed by atoms with Crippen LogP contribution < -0.4 is 5.43 Å². The Balaban J connectivity index is 1.67. The van der Waals surface area contributed by atoms with Crippen molar-refractivity contribution in [2.45, 2.75) is 0 Å². The molecule has 3 rings (SSSR count). The Morgan fingerprint density at radius 2 is 1.95 bits per heavy atom. The van der Waals surface area contributed by atoms with Crippen molar-refractivity contribution in [2.75, 3.05) is 5.43 Å². The first kappa shape index (κ1) is 12.1. The molecule has 1 aromatic carbocycles. The fourth-order valence-corrected chi connectivity index (χ4v) is 2.98. The third kappa shape index (κ3) is 3.07. The number of hydrazone groups is 1. The molecule has 0 saturated carbocycles. The number of rotatable bonds is 4. The Kier molecular flexibility index (Phi) is 3.67. The minimum absolute atomic E-state index is 0.801. The molecule has 0 aliphatic carbocycles. The zero-order chi connectivity index (χ0) is 12.9. The van der Waals surface area contributed by atoms with Gasteiger partial charge < -0.3 is 0 Å². The van der Waals surface area contributed by atoms with Gasteiger partial charge in [-0.2, -0.15) is 5.10 Å². The van der Waals surface area contributed by atoms with E-state index in [1.54, 1.807) is 28.9 Å². The summed E-state index contributed by atoms with van der Waals surface area (Å²) in [5.74, 6) is 0. The van der Waals surface area contributed by atoms with Gasteiger partial charge in [-0.1, -0.05) is 36.4 Å². The summed E-state index contributed by atoms with van der Waals surface area (Å²) in [5, 5.41) is 9.07. The van der Waals surface area contributed by atoms with Crippen LogP contribution in [-0.4, -0.2) is 11.2 Å². The topological polar surface area (TPSA) is 37.3 Å². The average molecular weight is 285 g/mol. The molecule has 3 nitrogen and oxygen atoms in total. The van der Waals surface area contributed by atoms with E-state index >= 15 is 0 Å². The van der Waals surface area contributed by atoms with Gasteiger partial charge in [-0.15, -0.1) is 22.7 Å². The van der Waals surface area contributed by atoms with Crippen molar-refractivity contribution in [3.63, 3.8) is 0 Å². The van der Waals surface area contributed by atoms with Crippen molar-refractivity contribution in [3.8, 4) is 10.6 Å². The molecular weight excluding hydrogens is 274 g/mol. The number of nitrogens with zero attached hydrogens (tertiary/aromatic N) is 2. The van der Waals surface area contributed by atoms with Crippen molar-refractivity contribution >= 4 is 34.0 Å².